The summed E-state index contributed by atoms with van der Waals surface area (Å²) in [6.07, 6.45) is 2.10. The Balaban J connectivity index is 1.63. The van der Waals surface area contributed by atoms with Gasteiger partial charge in [0.15, 0.2) is 0 Å². The molecule has 4 rings (SSSR count). The number of nitrogens with zero attached hydrogens (tertiary/aromatic N) is 3. The molecule has 166 valence electrons. The van der Waals surface area contributed by atoms with Gasteiger partial charge in [0.1, 0.15) is 23.5 Å². The standard InChI is InChI=1S/C23H22F3N5O/c24-23(25,26)19-6-3-15(11-29-19)20-21(28)30-12-18(31-20)14-1-4-16(5-2-14)22(13-32)9-7-17(27)8-10-22/h1-6,11-13,17H,7-10,27H2,(H2,28,30). The number of rotatable bonds is 4. The summed E-state index contributed by atoms with van der Waals surface area (Å²) in [5, 5.41) is 0. The highest BCUT2D eigenvalue weighted by Gasteiger charge is 2.36. The minimum absolute atomic E-state index is 0.0883. The molecule has 0 unspecified atom stereocenters. The lowest BCUT2D eigenvalue weighted by Gasteiger charge is -2.35. The number of nitrogens with two attached hydrogens (primary N) is 2. The van der Waals surface area contributed by atoms with Crippen LogP contribution in [-0.4, -0.2) is 27.3 Å². The molecule has 1 aliphatic rings. The molecule has 0 radical (unpaired) electrons. The van der Waals surface area contributed by atoms with Crippen LogP contribution >= 0.6 is 0 Å². The van der Waals surface area contributed by atoms with Gasteiger partial charge in [-0.05, 0) is 43.4 Å². The molecule has 0 spiro atoms. The zero-order valence-corrected chi connectivity index (χ0v) is 17.1. The molecule has 2 heterocycles. The second kappa shape index (κ2) is 8.31. The first-order valence-corrected chi connectivity index (χ1v) is 10.2. The van der Waals surface area contributed by atoms with Crippen molar-refractivity contribution in [1.29, 1.82) is 0 Å². The molecular weight excluding hydrogens is 419 g/mol. The number of pyridine rings is 1. The van der Waals surface area contributed by atoms with Gasteiger partial charge >= 0.3 is 6.18 Å². The van der Waals surface area contributed by atoms with Gasteiger partial charge in [0.25, 0.3) is 0 Å². The number of hydrogen-bond donors (Lipinski definition) is 2. The van der Waals surface area contributed by atoms with E-state index in [4.69, 9.17) is 11.5 Å². The summed E-state index contributed by atoms with van der Waals surface area (Å²) < 4.78 is 38.3. The predicted molar refractivity (Wildman–Crippen MR) is 114 cm³/mol. The first kappa shape index (κ1) is 21.9. The highest BCUT2D eigenvalue weighted by Crippen LogP contribution is 2.38. The predicted octanol–water partition coefficient (Wildman–Crippen LogP) is 4.14. The van der Waals surface area contributed by atoms with Crippen LogP contribution < -0.4 is 11.5 Å². The molecule has 9 heteroatoms. The van der Waals surface area contributed by atoms with E-state index < -0.39 is 17.3 Å². The van der Waals surface area contributed by atoms with Crippen LogP contribution in [0.3, 0.4) is 0 Å². The maximum absolute atomic E-state index is 12.8. The third-order valence-electron chi connectivity index (χ3n) is 6.03. The van der Waals surface area contributed by atoms with E-state index in [9.17, 15) is 18.0 Å². The monoisotopic (exact) mass is 441 g/mol. The fraction of sp³-hybridized carbons (Fsp3) is 0.304. The number of benzene rings is 1. The second-order valence-electron chi connectivity index (χ2n) is 8.11. The highest BCUT2D eigenvalue weighted by atomic mass is 19.4. The van der Waals surface area contributed by atoms with Crippen molar-refractivity contribution in [3.63, 3.8) is 0 Å². The van der Waals surface area contributed by atoms with Gasteiger partial charge in [0.2, 0.25) is 0 Å². The van der Waals surface area contributed by atoms with Crippen LogP contribution in [-0.2, 0) is 16.4 Å². The minimum Gasteiger partial charge on any atom is -0.382 e. The van der Waals surface area contributed by atoms with E-state index in [-0.39, 0.29) is 17.6 Å². The lowest BCUT2D eigenvalue weighted by atomic mass is 9.69. The zero-order valence-electron chi connectivity index (χ0n) is 17.1. The lowest BCUT2D eigenvalue weighted by molar-refractivity contribution is -0.141. The van der Waals surface area contributed by atoms with Gasteiger partial charge in [-0.1, -0.05) is 24.3 Å². The lowest BCUT2D eigenvalue weighted by Crippen LogP contribution is -2.38. The third-order valence-corrected chi connectivity index (χ3v) is 6.03. The van der Waals surface area contributed by atoms with Gasteiger partial charge < -0.3 is 16.3 Å². The number of carbonyl (C=O) groups excluding carboxylic acids is 1. The Bertz CT molecular complexity index is 1110. The quantitative estimate of drug-likeness (QED) is 0.589. The van der Waals surface area contributed by atoms with Crippen molar-refractivity contribution >= 4 is 12.1 Å². The van der Waals surface area contributed by atoms with Crippen molar-refractivity contribution in [1.82, 2.24) is 15.0 Å². The van der Waals surface area contributed by atoms with Gasteiger partial charge in [0, 0.05) is 23.4 Å². The molecule has 2 aromatic heterocycles. The van der Waals surface area contributed by atoms with E-state index in [2.05, 4.69) is 15.0 Å². The van der Waals surface area contributed by atoms with Crippen LogP contribution in [0.1, 0.15) is 36.9 Å². The number of alkyl halides is 3. The van der Waals surface area contributed by atoms with Gasteiger partial charge in [-0.2, -0.15) is 13.2 Å². The van der Waals surface area contributed by atoms with Gasteiger partial charge in [-0.3, -0.25) is 4.98 Å². The van der Waals surface area contributed by atoms with E-state index in [1.807, 2.05) is 24.3 Å². The van der Waals surface area contributed by atoms with Crippen molar-refractivity contribution in [2.45, 2.75) is 43.3 Å². The first-order chi connectivity index (χ1) is 15.2. The normalized spacial score (nSPS) is 21.3. The van der Waals surface area contributed by atoms with Gasteiger partial charge in [0.05, 0.1) is 17.3 Å². The molecule has 1 saturated carbocycles. The molecule has 6 nitrogen and oxygen atoms in total. The molecule has 0 amide bonds. The van der Waals surface area contributed by atoms with E-state index >= 15 is 0 Å². The topological polar surface area (TPSA) is 108 Å². The average Bonchev–Trinajstić information content (AvgIpc) is 2.80. The molecule has 0 aliphatic heterocycles. The SMILES string of the molecule is Nc1ncc(-c2ccc(C3(C=O)CCC(N)CC3)cc2)nc1-c1ccc(C(F)(F)F)nc1. The second-order valence-corrected chi connectivity index (χ2v) is 8.11. The summed E-state index contributed by atoms with van der Waals surface area (Å²) in [6, 6.07) is 9.78. The largest absolute Gasteiger partial charge is 0.433 e. The van der Waals surface area contributed by atoms with Crippen molar-refractivity contribution in [2.75, 3.05) is 5.73 Å². The molecule has 4 N–H and O–H groups in total. The summed E-state index contributed by atoms with van der Waals surface area (Å²) in [5.41, 5.74) is 13.2. The fourth-order valence-electron chi connectivity index (χ4n) is 4.05. The Hall–Kier alpha value is -3.33. The molecular formula is C23H22F3N5O. The fourth-order valence-corrected chi connectivity index (χ4v) is 4.05. The maximum Gasteiger partial charge on any atom is 0.433 e. The zero-order chi connectivity index (χ0) is 22.9. The number of aldehydes is 1. The number of aromatic nitrogens is 3. The number of nitrogen functional groups attached to an aromatic ring is 1. The van der Waals surface area contributed by atoms with Crippen LogP contribution in [0.2, 0.25) is 0 Å². The highest BCUT2D eigenvalue weighted by molar-refractivity contribution is 5.73. The summed E-state index contributed by atoms with van der Waals surface area (Å²) in [5.74, 6) is 0.0883. The van der Waals surface area contributed by atoms with E-state index in [0.717, 1.165) is 42.5 Å². The van der Waals surface area contributed by atoms with Crippen LogP contribution in [0.4, 0.5) is 19.0 Å². The van der Waals surface area contributed by atoms with Gasteiger partial charge in [-0.15, -0.1) is 0 Å². The van der Waals surface area contributed by atoms with Crippen LogP contribution in [0.5, 0.6) is 0 Å². The number of hydrogen-bond acceptors (Lipinski definition) is 6. The first-order valence-electron chi connectivity index (χ1n) is 10.2. The Morgan fingerprint density at radius 1 is 0.969 bits per heavy atom. The summed E-state index contributed by atoms with van der Waals surface area (Å²) >= 11 is 0. The molecule has 3 aromatic rings. The average molecular weight is 441 g/mol. The van der Waals surface area contributed by atoms with Crippen molar-refractivity contribution in [3.8, 4) is 22.5 Å². The van der Waals surface area contributed by atoms with E-state index in [1.54, 1.807) is 0 Å². The van der Waals surface area contributed by atoms with Crippen LogP contribution in [0.15, 0.2) is 48.8 Å². The number of anilines is 1. The summed E-state index contributed by atoms with van der Waals surface area (Å²) in [6.45, 7) is 0. The van der Waals surface area contributed by atoms with Crippen LogP contribution in [0, 0.1) is 0 Å². The molecule has 1 aromatic carbocycles. The smallest absolute Gasteiger partial charge is 0.382 e. The maximum atomic E-state index is 12.8. The molecule has 1 aliphatic carbocycles. The van der Waals surface area contributed by atoms with Gasteiger partial charge in [-0.25, -0.2) is 9.97 Å². The Kier molecular flexibility index (Phi) is 5.68. The molecule has 0 atom stereocenters. The third kappa shape index (κ3) is 4.20. The minimum atomic E-state index is -4.53. The summed E-state index contributed by atoms with van der Waals surface area (Å²) in [4.78, 5) is 24.0. The Labute approximate surface area is 182 Å². The Morgan fingerprint density at radius 3 is 2.19 bits per heavy atom. The number of halogens is 3. The van der Waals surface area contributed by atoms with E-state index in [0.29, 0.717) is 24.1 Å². The molecule has 32 heavy (non-hydrogen) atoms. The van der Waals surface area contributed by atoms with Crippen molar-refractivity contribution < 1.29 is 18.0 Å². The van der Waals surface area contributed by atoms with Crippen molar-refractivity contribution in [3.05, 3.63) is 60.0 Å². The molecule has 1 fully saturated rings. The summed E-state index contributed by atoms with van der Waals surface area (Å²) in [7, 11) is 0. The van der Waals surface area contributed by atoms with Crippen LogP contribution in [0.25, 0.3) is 22.5 Å². The number of carbonyl (C=O) groups is 1. The molecule has 0 saturated heterocycles. The van der Waals surface area contributed by atoms with Crippen molar-refractivity contribution in [2.24, 2.45) is 5.73 Å². The van der Waals surface area contributed by atoms with E-state index in [1.165, 1.54) is 12.3 Å². The Morgan fingerprint density at radius 2 is 1.62 bits per heavy atom. The molecule has 0 bridgehead atoms.